The molecule has 1 aromatic carbocycles. The molecule has 0 aromatic heterocycles. The van der Waals surface area contributed by atoms with Crippen molar-refractivity contribution in [1.82, 2.24) is 0 Å². The zero-order chi connectivity index (χ0) is 10.6. The first-order valence-electron chi connectivity index (χ1n) is 3.92. The number of methoxy groups -OCH3 is 2. The van der Waals surface area contributed by atoms with Gasteiger partial charge in [0.15, 0.2) is 17.2 Å². The van der Waals surface area contributed by atoms with Gasteiger partial charge in [0.05, 0.1) is 14.2 Å². The maximum atomic E-state index is 8.67. The molecule has 2 N–H and O–H groups in total. The van der Waals surface area contributed by atoms with E-state index < -0.39 is 7.32 Å². The van der Waals surface area contributed by atoms with Crippen LogP contribution in [0.3, 0.4) is 0 Å². The molecule has 5 nitrogen and oxygen atoms in total. The molecular formula is C8H11BO5. The number of benzene rings is 1. The highest BCUT2D eigenvalue weighted by atomic mass is 16.6. The van der Waals surface area contributed by atoms with Gasteiger partial charge < -0.3 is 24.2 Å². The minimum atomic E-state index is -1.90. The van der Waals surface area contributed by atoms with Gasteiger partial charge in [-0.15, -0.1) is 0 Å². The summed E-state index contributed by atoms with van der Waals surface area (Å²) in [5.74, 6) is 0.905. The molecular weight excluding hydrogens is 187 g/mol. The molecule has 0 unspecified atom stereocenters. The zero-order valence-corrected chi connectivity index (χ0v) is 7.93. The summed E-state index contributed by atoms with van der Waals surface area (Å²) in [5, 5.41) is 17.3. The first-order valence-corrected chi connectivity index (χ1v) is 3.92. The number of hydrogen-bond acceptors (Lipinski definition) is 5. The Labute approximate surface area is 82.0 Å². The lowest BCUT2D eigenvalue weighted by Gasteiger charge is -2.13. The van der Waals surface area contributed by atoms with E-state index in [4.69, 9.17) is 24.2 Å². The van der Waals surface area contributed by atoms with Crippen molar-refractivity contribution < 1.29 is 24.2 Å². The molecule has 0 aliphatic carbocycles. The summed E-state index contributed by atoms with van der Waals surface area (Å²) in [6.07, 6.45) is 0. The molecule has 0 radical (unpaired) electrons. The van der Waals surface area contributed by atoms with Gasteiger partial charge in [0, 0.05) is 0 Å². The summed E-state index contributed by atoms with van der Waals surface area (Å²) < 4.78 is 14.6. The Bertz CT molecular complexity index is 280. The smallest absolute Gasteiger partial charge is 0.506 e. The average Bonchev–Trinajstić information content (AvgIpc) is 2.17. The Kier molecular flexibility index (Phi) is 3.61. The van der Waals surface area contributed by atoms with Crippen LogP contribution in [0.2, 0.25) is 0 Å². The van der Waals surface area contributed by atoms with Crippen LogP contribution in [0, 0.1) is 0 Å². The highest BCUT2D eigenvalue weighted by Crippen LogP contribution is 2.36. The third-order valence-corrected chi connectivity index (χ3v) is 1.61. The van der Waals surface area contributed by atoms with Gasteiger partial charge >= 0.3 is 7.32 Å². The van der Waals surface area contributed by atoms with E-state index in [2.05, 4.69) is 0 Å². The molecule has 0 amide bonds. The summed E-state index contributed by atoms with van der Waals surface area (Å²) in [4.78, 5) is 0. The van der Waals surface area contributed by atoms with Gasteiger partial charge in [-0.25, -0.2) is 0 Å². The topological polar surface area (TPSA) is 68.2 Å². The first-order chi connectivity index (χ1) is 6.69. The minimum absolute atomic E-state index is 0.160. The molecule has 0 fully saturated rings. The number of para-hydroxylation sites is 1. The maximum absolute atomic E-state index is 8.67. The lowest BCUT2D eigenvalue weighted by atomic mass is 10.2. The van der Waals surface area contributed by atoms with Crippen molar-refractivity contribution in [2.75, 3.05) is 14.2 Å². The summed E-state index contributed by atoms with van der Waals surface area (Å²) >= 11 is 0. The van der Waals surface area contributed by atoms with Gasteiger partial charge in [-0.05, 0) is 12.1 Å². The molecule has 0 saturated heterocycles. The second-order valence-corrected chi connectivity index (χ2v) is 2.44. The molecule has 1 rings (SSSR count). The van der Waals surface area contributed by atoms with Gasteiger partial charge in [0.1, 0.15) is 0 Å². The van der Waals surface area contributed by atoms with Crippen LogP contribution in [0.1, 0.15) is 0 Å². The second kappa shape index (κ2) is 4.73. The predicted octanol–water partition coefficient (Wildman–Crippen LogP) is 0.0521. The predicted molar refractivity (Wildman–Crippen MR) is 50.4 cm³/mol. The highest BCUT2D eigenvalue weighted by molar-refractivity contribution is 6.34. The fraction of sp³-hybridized carbons (Fsp3) is 0.250. The van der Waals surface area contributed by atoms with Gasteiger partial charge in [0.2, 0.25) is 0 Å². The monoisotopic (exact) mass is 198 g/mol. The van der Waals surface area contributed by atoms with Crippen molar-refractivity contribution in [3.05, 3.63) is 18.2 Å². The van der Waals surface area contributed by atoms with Crippen LogP contribution in [-0.4, -0.2) is 31.6 Å². The van der Waals surface area contributed by atoms with E-state index in [9.17, 15) is 0 Å². The highest BCUT2D eigenvalue weighted by Gasteiger charge is 2.18. The van der Waals surface area contributed by atoms with E-state index in [0.29, 0.717) is 11.5 Å². The van der Waals surface area contributed by atoms with E-state index in [0.717, 1.165) is 0 Å². The summed E-state index contributed by atoms with van der Waals surface area (Å²) in [5.41, 5.74) is 0. The summed E-state index contributed by atoms with van der Waals surface area (Å²) in [6, 6.07) is 4.95. The van der Waals surface area contributed by atoms with Gasteiger partial charge in [-0.1, -0.05) is 6.07 Å². The van der Waals surface area contributed by atoms with E-state index in [1.165, 1.54) is 14.2 Å². The standard InChI is InChI=1S/C8H11BO5/c1-12-6-4-3-5-7(13-2)8(6)14-9(10)11/h3-5,10-11H,1-2H3. The van der Waals surface area contributed by atoms with Gasteiger partial charge in [-0.3, -0.25) is 0 Å². The van der Waals surface area contributed by atoms with E-state index in [-0.39, 0.29) is 5.75 Å². The third kappa shape index (κ3) is 2.30. The van der Waals surface area contributed by atoms with Crippen molar-refractivity contribution in [3.63, 3.8) is 0 Å². The molecule has 1 aromatic rings. The van der Waals surface area contributed by atoms with Gasteiger partial charge in [0.25, 0.3) is 0 Å². The van der Waals surface area contributed by atoms with Crippen LogP contribution in [0.4, 0.5) is 0 Å². The Morgan fingerprint density at radius 1 is 1.07 bits per heavy atom. The lowest BCUT2D eigenvalue weighted by Crippen LogP contribution is -2.21. The molecule has 0 saturated carbocycles. The molecule has 0 aliphatic rings. The van der Waals surface area contributed by atoms with Crippen LogP contribution in [-0.2, 0) is 0 Å². The van der Waals surface area contributed by atoms with Crippen LogP contribution in [0.5, 0.6) is 17.2 Å². The van der Waals surface area contributed by atoms with Crippen molar-refractivity contribution in [2.24, 2.45) is 0 Å². The van der Waals surface area contributed by atoms with E-state index in [1.54, 1.807) is 18.2 Å². The quantitative estimate of drug-likeness (QED) is 0.669. The molecule has 0 aliphatic heterocycles. The van der Waals surface area contributed by atoms with Crippen LogP contribution < -0.4 is 14.1 Å². The number of hydrogen-bond donors (Lipinski definition) is 2. The first kappa shape index (κ1) is 10.7. The molecule has 0 heterocycles. The average molecular weight is 198 g/mol. The van der Waals surface area contributed by atoms with Crippen LogP contribution in [0.25, 0.3) is 0 Å². The largest absolute Gasteiger partial charge is 0.707 e. The van der Waals surface area contributed by atoms with Crippen molar-refractivity contribution in [1.29, 1.82) is 0 Å². The molecule has 14 heavy (non-hydrogen) atoms. The van der Waals surface area contributed by atoms with E-state index in [1.807, 2.05) is 0 Å². The van der Waals surface area contributed by atoms with Crippen LogP contribution in [0.15, 0.2) is 18.2 Å². The molecule has 0 atom stereocenters. The summed E-state index contributed by atoms with van der Waals surface area (Å²) in [7, 11) is 0.997. The van der Waals surface area contributed by atoms with Crippen molar-refractivity contribution >= 4 is 7.32 Å². The SMILES string of the molecule is COc1cccc(OC)c1OB(O)O. The zero-order valence-electron chi connectivity index (χ0n) is 7.93. The van der Waals surface area contributed by atoms with E-state index >= 15 is 0 Å². The van der Waals surface area contributed by atoms with Crippen molar-refractivity contribution in [2.45, 2.75) is 0 Å². The summed E-state index contributed by atoms with van der Waals surface area (Å²) in [6.45, 7) is 0. The van der Waals surface area contributed by atoms with Crippen LogP contribution >= 0.6 is 0 Å². The minimum Gasteiger partial charge on any atom is -0.506 e. The Morgan fingerprint density at radius 3 is 1.93 bits per heavy atom. The third-order valence-electron chi connectivity index (χ3n) is 1.61. The fourth-order valence-electron chi connectivity index (χ4n) is 1.04. The Hall–Kier alpha value is -1.40. The Morgan fingerprint density at radius 2 is 1.57 bits per heavy atom. The normalized spacial score (nSPS) is 9.43. The maximum Gasteiger partial charge on any atom is 0.707 e. The number of rotatable bonds is 4. The fourth-order valence-corrected chi connectivity index (χ4v) is 1.04. The number of ether oxygens (including phenoxy) is 2. The van der Waals surface area contributed by atoms with Crippen molar-refractivity contribution in [3.8, 4) is 17.2 Å². The Balaban J connectivity index is 3.05. The molecule has 0 bridgehead atoms. The second-order valence-electron chi connectivity index (χ2n) is 2.44. The molecule has 0 spiro atoms. The lowest BCUT2D eigenvalue weighted by molar-refractivity contribution is 0.270. The molecule has 6 heteroatoms. The van der Waals surface area contributed by atoms with Gasteiger partial charge in [-0.2, -0.15) is 0 Å². The molecule has 76 valence electrons.